The third kappa shape index (κ3) is 3.77. The molecule has 0 aliphatic carbocycles. The van der Waals surface area contributed by atoms with Crippen LogP contribution in [0, 0.1) is 0 Å². The van der Waals surface area contributed by atoms with Gasteiger partial charge in [-0.2, -0.15) is 0 Å². The zero-order valence-electron chi connectivity index (χ0n) is 12.0. The summed E-state index contributed by atoms with van der Waals surface area (Å²) in [6, 6.07) is 4.24. The summed E-state index contributed by atoms with van der Waals surface area (Å²) in [6.45, 7) is 2.66. The summed E-state index contributed by atoms with van der Waals surface area (Å²) in [7, 11) is 1.38. The fourth-order valence-electron chi connectivity index (χ4n) is 2.75. The molecule has 2 rings (SSSR count). The molecule has 0 saturated carbocycles. The number of ether oxygens (including phenoxy) is 1. The molecule has 0 amide bonds. The number of esters is 1. The minimum absolute atomic E-state index is 0.344. The molecule has 20 heavy (non-hydrogen) atoms. The van der Waals surface area contributed by atoms with Gasteiger partial charge in [0.05, 0.1) is 18.4 Å². The Labute approximate surface area is 120 Å². The molecule has 1 unspecified atom stereocenters. The Hall–Kier alpha value is -1.46. The highest BCUT2D eigenvalue weighted by Crippen LogP contribution is 2.21. The summed E-state index contributed by atoms with van der Waals surface area (Å²) in [5.74, 6) is -0.344. The molecule has 110 valence electrons. The summed E-state index contributed by atoms with van der Waals surface area (Å²) >= 11 is 0. The number of carbonyl (C=O) groups excluding carboxylic acids is 1. The van der Waals surface area contributed by atoms with Crippen LogP contribution in [-0.4, -0.2) is 42.1 Å². The van der Waals surface area contributed by atoms with Crippen molar-refractivity contribution in [3.8, 4) is 0 Å². The quantitative estimate of drug-likeness (QED) is 0.827. The van der Waals surface area contributed by atoms with Crippen LogP contribution in [0.5, 0.6) is 0 Å². The maximum absolute atomic E-state index is 11.4. The molecule has 2 N–H and O–H groups in total. The Balaban J connectivity index is 1.99. The van der Waals surface area contributed by atoms with E-state index in [0.29, 0.717) is 11.6 Å². The van der Waals surface area contributed by atoms with Gasteiger partial charge in [-0.25, -0.2) is 4.79 Å². The van der Waals surface area contributed by atoms with Gasteiger partial charge in [-0.05, 0) is 44.5 Å². The zero-order valence-corrected chi connectivity index (χ0v) is 12.0. The maximum atomic E-state index is 11.4. The topological polar surface area (TPSA) is 68.5 Å². The van der Waals surface area contributed by atoms with E-state index in [2.05, 4.69) is 14.6 Å². The SMILES string of the molecule is COC(=O)c1ccc(CN2CCCCC2CCN)nc1. The van der Waals surface area contributed by atoms with Crippen LogP contribution >= 0.6 is 0 Å². The number of likely N-dealkylation sites (tertiary alicyclic amines) is 1. The molecule has 0 aromatic carbocycles. The number of nitrogens with two attached hydrogens (primary N) is 1. The summed E-state index contributed by atoms with van der Waals surface area (Å²) < 4.78 is 4.67. The molecule has 0 bridgehead atoms. The van der Waals surface area contributed by atoms with Gasteiger partial charge in [0.1, 0.15) is 0 Å². The van der Waals surface area contributed by atoms with E-state index in [0.717, 1.165) is 31.7 Å². The van der Waals surface area contributed by atoms with Crippen LogP contribution in [0.25, 0.3) is 0 Å². The smallest absolute Gasteiger partial charge is 0.339 e. The van der Waals surface area contributed by atoms with Crippen molar-refractivity contribution in [3.63, 3.8) is 0 Å². The second kappa shape index (κ2) is 7.36. The van der Waals surface area contributed by atoms with Gasteiger partial charge in [-0.3, -0.25) is 9.88 Å². The lowest BCUT2D eigenvalue weighted by Gasteiger charge is -2.35. The number of methoxy groups -OCH3 is 1. The lowest BCUT2D eigenvalue weighted by molar-refractivity contribution is 0.0600. The molecule has 5 nitrogen and oxygen atoms in total. The largest absolute Gasteiger partial charge is 0.465 e. The minimum Gasteiger partial charge on any atom is -0.465 e. The number of hydrogen-bond acceptors (Lipinski definition) is 5. The monoisotopic (exact) mass is 277 g/mol. The van der Waals surface area contributed by atoms with Gasteiger partial charge < -0.3 is 10.5 Å². The zero-order chi connectivity index (χ0) is 14.4. The fraction of sp³-hybridized carbons (Fsp3) is 0.600. The van der Waals surface area contributed by atoms with Crippen molar-refractivity contribution in [1.82, 2.24) is 9.88 Å². The molecule has 1 saturated heterocycles. The predicted molar refractivity (Wildman–Crippen MR) is 77.3 cm³/mol. The molecule has 1 fully saturated rings. The van der Waals surface area contributed by atoms with Gasteiger partial charge in [0, 0.05) is 18.8 Å². The molecule has 0 spiro atoms. The van der Waals surface area contributed by atoms with Gasteiger partial charge >= 0.3 is 5.97 Å². The van der Waals surface area contributed by atoms with Gasteiger partial charge in [0.25, 0.3) is 0 Å². The van der Waals surface area contributed by atoms with Crippen LogP contribution in [0.1, 0.15) is 41.7 Å². The highest BCUT2D eigenvalue weighted by atomic mass is 16.5. The highest BCUT2D eigenvalue weighted by molar-refractivity contribution is 5.88. The molecule has 1 aliphatic rings. The molecule has 0 radical (unpaired) electrons. The second-order valence-electron chi connectivity index (χ2n) is 5.23. The Kier molecular flexibility index (Phi) is 5.49. The fourth-order valence-corrected chi connectivity index (χ4v) is 2.75. The van der Waals surface area contributed by atoms with Gasteiger partial charge in [-0.1, -0.05) is 6.42 Å². The van der Waals surface area contributed by atoms with Crippen LogP contribution in [0.2, 0.25) is 0 Å². The van der Waals surface area contributed by atoms with Gasteiger partial charge in [0.2, 0.25) is 0 Å². The molecule has 1 aromatic heterocycles. The lowest BCUT2D eigenvalue weighted by Crippen LogP contribution is -2.40. The van der Waals surface area contributed by atoms with Crippen LogP contribution < -0.4 is 5.73 Å². The van der Waals surface area contributed by atoms with Crippen LogP contribution in [0.4, 0.5) is 0 Å². The average molecular weight is 277 g/mol. The molecular formula is C15H23N3O2. The molecule has 1 aromatic rings. The standard InChI is InChI=1S/C15H23N3O2/c1-20-15(19)12-5-6-13(17-10-12)11-18-9-3-2-4-14(18)7-8-16/h5-6,10,14H,2-4,7-9,11,16H2,1H3. The molecule has 2 heterocycles. The van der Waals surface area contributed by atoms with E-state index in [1.54, 1.807) is 12.3 Å². The van der Waals surface area contributed by atoms with Crippen molar-refractivity contribution in [2.75, 3.05) is 20.2 Å². The number of piperidine rings is 1. The molecule has 1 aliphatic heterocycles. The van der Waals surface area contributed by atoms with E-state index in [9.17, 15) is 4.79 Å². The van der Waals surface area contributed by atoms with Crippen molar-refractivity contribution in [2.45, 2.75) is 38.3 Å². The van der Waals surface area contributed by atoms with Crippen LogP contribution in [0.3, 0.4) is 0 Å². The summed E-state index contributed by atoms with van der Waals surface area (Å²) in [6.07, 6.45) is 6.37. The summed E-state index contributed by atoms with van der Waals surface area (Å²) in [5, 5.41) is 0. The number of nitrogens with zero attached hydrogens (tertiary/aromatic N) is 2. The third-order valence-electron chi connectivity index (χ3n) is 3.86. The van der Waals surface area contributed by atoms with Crippen LogP contribution in [0.15, 0.2) is 18.3 Å². The first kappa shape index (κ1) is 14.9. The number of carbonyl (C=O) groups is 1. The van der Waals surface area contributed by atoms with E-state index in [1.807, 2.05) is 6.07 Å². The lowest BCUT2D eigenvalue weighted by atomic mass is 9.99. The maximum Gasteiger partial charge on any atom is 0.339 e. The second-order valence-corrected chi connectivity index (χ2v) is 5.23. The van der Waals surface area contributed by atoms with E-state index in [-0.39, 0.29) is 5.97 Å². The first-order valence-electron chi connectivity index (χ1n) is 7.22. The summed E-state index contributed by atoms with van der Waals surface area (Å²) in [5.41, 5.74) is 7.17. The van der Waals surface area contributed by atoms with Crippen molar-refractivity contribution < 1.29 is 9.53 Å². The Morgan fingerprint density at radius 2 is 2.35 bits per heavy atom. The average Bonchev–Trinajstić information content (AvgIpc) is 2.49. The van der Waals surface area contributed by atoms with Crippen molar-refractivity contribution in [2.24, 2.45) is 5.73 Å². The minimum atomic E-state index is -0.344. The molecular weight excluding hydrogens is 254 g/mol. The third-order valence-corrected chi connectivity index (χ3v) is 3.86. The summed E-state index contributed by atoms with van der Waals surface area (Å²) in [4.78, 5) is 18.2. The van der Waals surface area contributed by atoms with E-state index in [4.69, 9.17) is 5.73 Å². The first-order valence-corrected chi connectivity index (χ1v) is 7.22. The van der Waals surface area contributed by atoms with E-state index in [1.165, 1.54) is 26.4 Å². The number of hydrogen-bond donors (Lipinski definition) is 1. The molecule has 5 heteroatoms. The predicted octanol–water partition coefficient (Wildman–Crippen LogP) is 1.57. The van der Waals surface area contributed by atoms with Crippen molar-refractivity contribution in [1.29, 1.82) is 0 Å². The van der Waals surface area contributed by atoms with Crippen molar-refractivity contribution in [3.05, 3.63) is 29.6 Å². The Bertz CT molecular complexity index is 431. The number of rotatable bonds is 5. The van der Waals surface area contributed by atoms with Gasteiger partial charge in [0.15, 0.2) is 0 Å². The van der Waals surface area contributed by atoms with Gasteiger partial charge in [-0.15, -0.1) is 0 Å². The van der Waals surface area contributed by atoms with E-state index < -0.39 is 0 Å². The van der Waals surface area contributed by atoms with Crippen LogP contribution in [-0.2, 0) is 11.3 Å². The van der Waals surface area contributed by atoms with Crippen molar-refractivity contribution >= 4 is 5.97 Å². The van der Waals surface area contributed by atoms with E-state index >= 15 is 0 Å². The first-order chi connectivity index (χ1) is 9.74. The molecule has 1 atom stereocenters. The Morgan fingerprint density at radius 3 is 3.00 bits per heavy atom. The highest BCUT2D eigenvalue weighted by Gasteiger charge is 2.22. The Morgan fingerprint density at radius 1 is 1.50 bits per heavy atom. The normalized spacial score (nSPS) is 19.8. The number of aromatic nitrogens is 1. The number of pyridine rings is 1.